The number of benzene rings is 1. The van der Waals surface area contributed by atoms with Gasteiger partial charge in [0.2, 0.25) is 0 Å². The summed E-state index contributed by atoms with van der Waals surface area (Å²) < 4.78 is 9.78. The average Bonchev–Trinajstić information content (AvgIpc) is 3.32. The van der Waals surface area contributed by atoms with Crippen molar-refractivity contribution in [1.29, 1.82) is 0 Å². The van der Waals surface area contributed by atoms with E-state index in [1.165, 1.54) is 4.90 Å². The summed E-state index contributed by atoms with van der Waals surface area (Å²) in [6.45, 7) is 0.674. The van der Waals surface area contributed by atoms with Crippen LogP contribution in [-0.4, -0.2) is 51.3 Å². The van der Waals surface area contributed by atoms with Crippen LogP contribution in [0.4, 0.5) is 4.79 Å². The largest absolute Gasteiger partial charge is 0.481 e. The van der Waals surface area contributed by atoms with E-state index in [2.05, 4.69) is 14.7 Å². The Bertz CT molecular complexity index is 902. The van der Waals surface area contributed by atoms with Crippen LogP contribution in [0.15, 0.2) is 39.6 Å². The maximum Gasteiger partial charge on any atom is 0.438 e. The molecule has 10 nitrogen and oxygen atoms in total. The highest BCUT2D eigenvalue weighted by atomic mass is 35.5. The lowest BCUT2D eigenvalue weighted by molar-refractivity contribution is -0.144. The lowest BCUT2D eigenvalue weighted by Crippen LogP contribution is -2.37. The number of hydrogen-bond donors (Lipinski definition) is 3. The van der Waals surface area contributed by atoms with Crippen molar-refractivity contribution in [3.05, 3.63) is 52.3 Å². The lowest BCUT2D eigenvalue weighted by Gasteiger charge is -2.22. The first-order chi connectivity index (χ1) is 14.4. The van der Waals surface area contributed by atoms with E-state index in [-0.39, 0.29) is 38.0 Å². The van der Waals surface area contributed by atoms with Gasteiger partial charge in [-0.25, -0.2) is 9.59 Å². The highest BCUT2D eigenvalue weighted by Gasteiger charge is 2.41. The average molecular weight is 455 g/mol. The zero-order valence-electron chi connectivity index (χ0n) is 16.9. The maximum absolute atomic E-state index is 12.4. The van der Waals surface area contributed by atoms with E-state index in [1.54, 1.807) is 0 Å². The highest BCUT2D eigenvalue weighted by Crippen LogP contribution is 2.28. The van der Waals surface area contributed by atoms with Crippen LogP contribution in [0.3, 0.4) is 0 Å². The molecular formula is C20H27ClN4O6. The Hall–Kier alpha value is -2.85. The van der Waals surface area contributed by atoms with Crippen molar-refractivity contribution < 1.29 is 24.0 Å². The molecule has 1 aliphatic heterocycles. The van der Waals surface area contributed by atoms with E-state index < -0.39 is 29.8 Å². The monoisotopic (exact) mass is 454 g/mol. The number of unbranched alkanes of at least 4 members (excludes halogenated alkanes) is 1. The Labute approximate surface area is 185 Å². The number of halogens is 1. The van der Waals surface area contributed by atoms with Gasteiger partial charge in [-0.2, -0.15) is 0 Å². The molecule has 1 amide bonds. The molecule has 1 saturated heterocycles. The van der Waals surface area contributed by atoms with Gasteiger partial charge in [-0.15, -0.1) is 12.4 Å². The van der Waals surface area contributed by atoms with E-state index in [9.17, 15) is 19.5 Å². The summed E-state index contributed by atoms with van der Waals surface area (Å²) in [5.41, 5.74) is 7.05. The summed E-state index contributed by atoms with van der Waals surface area (Å²) in [5.74, 6) is -2.10. The number of aromatic nitrogens is 2. The number of nitrogens with zero attached hydrogens (tertiary/aromatic N) is 2. The summed E-state index contributed by atoms with van der Waals surface area (Å²) in [5, 5.41) is 13.3. The third-order valence-electron chi connectivity index (χ3n) is 5.37. The topological polar surface area (TPSA) is 152 Å². The molecule has 31 heavy (non-hydrogen) atoms. The zero-order valence-corrected chi connectivity index (χ0v) is 17.8. The number of carbonyl (C=O) groups is 2. The fourth-order valence-electron chi connectivity index (χ4n) is 3.79. The van der Waals surface area contributed by atoms with E-state index in [0.717, 1.165) is 5.56 Å². The van der Waals surface area contributed by atoms with Crippen LogP contribution in [0.2, 0.25) is 0 Å². The van der Waals surface area contributed by atoms with Crippen molar-refractivity contribution in [2.24, 2.45) is 17.6 Å². The summed E-state index contributed by atoms with van der Waals surface area (Å²) in [6, 6.07) is 8.90. The number of nitrogens with two attached hydrogens (primary N) is 1. The molecule has 0 spiro atoms. The molecule has 2 aromatic rings. The van der Waals surface area contributed by atoms with Gasteiger partial charge >= 0.3 is 17.8 Å². The van der Waals surface area contributed by atoms with Crippen LogP contribution < -0.4 is 11.5 Å². The number of carbonyl (C=O) groups excluding carboxylic acids is 1. The predicted octanol–water partition coefficient (Wildman–Crippen LogP) is 1.79. The number of carboxylic acid groups (broad SMARTS) is 1. The molecule has 3 atom stereocenters. The molecule has 0 saturated carbocycles. The Morgan fingerprint density at radius 3 is 2.68 bits per heavy atom. The van der Waals surface area contributed by atoms with E-state index >= 15 is 0 Å². The lowest BCUT2D eigenvalue weighted by atomic mass is 9.85. The third kappa shape index (κ3) is 6.83. The van der Waals surface area contributed by atoms with Gasteiger partial charge in [0, 0.05) is 31.5 Å². The maximum atomic E-state index is 12.4. The van der Waals surface area contributed by atoms with Crippen molar-refractivity contribution in [1.82, 2.24) is 15.0 Å². The number of aromatic amines is 1. The van der Waals surface area contributed by atoms with E-state index in [0.29, 0.717) is 31.5 Å². The van der Waals surface area contributed by atoms with Crippen LogP contribution in [0, 0.1) is 11.8 Å². The number of nitrogens with one attached hydrogen (secondary N) is 1. The molecule has 1 aromatic heterocycles. The zero-order chi connectivity index (χ0) is 21.5. The highest BCUT2D eigenvalue weighted by molar-refractivity contribution is 5.85. The molecule has 170 valence electrons. The molecular weight excluding hydrogens is 428 g/mol. The smallest absolute Gasteiger partial charge is 0.438 e. The van der Waals surface area contributed by atoms with Crippen LogP contribution in [-0.2, 0) is 22.6 Å². The Balaban J connectivity index is 0.00000341. The van der Waals surface area contributed by atoms with Gasteiger partial charge in [-0.1, -0.05) is 41.9 Å². The molecule has 3 unspecified atom stereocenters. The SMILES string of the molecule is Cl.NC1CN(C(=O)OCc2ccccc2)CC1C(CCCCc1noc(=O)[nH]1)C(=O)O. The summed E-state index contributed by atoms with van der Waals surface area (Å²) in [7, 11) is 0. The Morgan fingerprint density at radius 1 is 1.29 bits per heavy atom. The fraction of sp³-hybridized carbons (Fsp3) is 0.500. The standard InChI is InChI=1S/C20H26N4O6.ClH/c21-16-11-24(20(28)29-12-13-6-2-1-3-7-13)10-15(16)14(18(25)26)8-4-5-9-17-22-19(27)30-23-17;/h1-3,6-7,14-16H,4-5,8-12,21H2,(H,25,26)(H,22,23,27);1H. The van der Waals surface area contributed by atoms with E-state index in [4.69, 9.17) is 10.5 Å². The summed E-state index contributed by atoms with van der Waals surface area (Å²) in [4.78, 5) is 39.1. The molecule has 3 rings (SSSR count). The number of carboxylic acids is 1. The number of amides is 1. The van der Waals surface area contributed by atoms with Gasteiger partial charge < -0.3 is 20.5 Å². The van der Waals surface area contributed by atoms with Crippen molar-refractivity contribution in [2.75, 3.05) is 13.1 Å². The molecule has 1 aliphatic rings. The Morgan fingerprint density at radius 2 is 2.03 bits per heavy atom. The molecule has 2 heterocycles. The second-order valence-electron chi connectivity index (χ2n) is 7.51. The minimum Gasteiger partial charge on any atom is -0.481 e. The predicted molar refractivity (Wildman–Crippen MR) is 113 cm³/mol. The quantitative estimate of drug-likeness (QED) is 0.485. The molecule has 0 radical (unpaired) electrons. The minimum absolute atomic E-state index is 0. The number of ether oxygens (including phenoxy) is 1. The molecule has 11 heteroatoms. The van der Waals surface area contributed by atoms with Crippen molar-refractivity contribution >= 4 is 24.5 Å². The van der Waals surface area contributed by atoms with Crippen LogP contribution in [0.25, 0.3) is 0 Å². The first-order valence-electron chi connectivity index (χ1n) is 9.93. The van der Waals surface area contributed by atoms with Gasteiger partial charge in [0.25, 0.3) is 0 Å². The summed E-state index contributed by atoms with van der Waals surface area (Å²) >= 11 is 0. The van der Waals surface area contributed by atoms with Gasteiger partial charge in [0.1, 0.15) is 6.61 Å². The molecule has 0 aliphatic carbocycles. The van der Waals surface area contributed by atoms with Crippen LogP contribution in [0.1, 0.15) is 30.7 Å². The van der Waals surface area contributed by atoms with Crippen LogP contribution in [0.5, 0.6) is 0 Å². The van der Waals surface area contributed by atoms with Gasteiger partial charge in [0.05, 0.1) is 5.92 Å². The van der Waals surface area contributed by atoms with Crippen molar-refractivity contribution in [2.45, 2.75) is 38.3 Å². The van der Waals surface area contributed by atoms with Gasteiger partial charge in [-0.05, 0) is 18.4 Å². The minimum atomic E-state index is -0.926. The number of hydrogen-bond acceptors (Lipinski definition) is 7. The first kappa shape index (κ1) is 24.4. The molecule has 1 aromatic carbocycles. The number of likely N-dealkylation sites (tertiary alicyclic amines) is 1. The number of aryl methyl sites for hydroxylation is 1. The normalized spacial score (nSPS) is 18.9. The first-order valence-corrected chi connectivity index (χ1v) is 9.93. The van der Waals surface area contributed by atoms with Crippen molar-refractivity contribution in [3.63, 3.8) is 0 Å². The number of rotatable bonds is 9. The fourth-order valence-corrected chi connectivity index (χ4v) is 3.79. The third-order valence-corrected chi connectivity index (χ3v) is 5.37. The Kier molecular flexibility index (Phi) is 9.07. The molecule has 4 N–H and O–H groups in total. The number of H-pyrrole nitrogens is 1. The second-order valence-corrected chi connectivity index (χ2v) is 7.51. The van der Waals surface area contributed by atoms with Gasteiger partial charge in [-0.3, -0.25) is 14.3 Å². The number of aliphatic carboxylic acids is 1. The van der Waals surface area contributed by atoms with E-state index in [1.807, 2.05) is 30.3 Å². The van der Waals surface area contributed by atoms with Crippen LogP contribution >= 0.6 is 12.4 Å². The van der Waals surface area contributed by atoms with Gasteiger partial charge in [0.15, 0.2) is 5.82 Å². The molecule has 1 fully saturated rings. The second kappa shape index (κ2) is 11.5. The molecule has 0 bridgehead atoms. The summed E-state index contributed by atoms with van der Waals surface area (Å²) in [6.07, 6.45) is 1.69. The van der Waals surface area contributed by atoms with Crippen molar-refractivity contribution in [3.8, 4) is 0 Å².